The quantitative estimate of drug-likeness (QED) is 0.860. The maximum Gasteiger partial charge on any atom is 0.0555 e. The van der Waals surface area contributed by atoms with E-state index in [0.29, 0.717) is 6.54 Å². The fraction of sp³-hybridized carbons (Fsp3) is 0.222. The van der Waals surface area contributed by atoms with Crippen molar-refractivity contribution < 1.29 is 0 Å². The second-order valence-corrected chi connectivity index (χ2v) is 4.55. The van der Waals surface area contributed by atoms with Gasteiger partial charge in [0, 0.05) is 24.3 Å². The second kappa shape index (κ2) is 7.37. The maximum absolute atomic E-state index is 5.37. The van der Waals surface area contributed by atoms with Crippen LogP contribution in [0.3, 0.4) is 0 Å². The molecular weight excluding hydrogens is 244 g/mol. The molecule has 0 fully saturated rings. The van der Waals surface area contributed by atoms with Crippen LogP contribution in [0.2, 0.25) is 0 Å². The lowest BCUT2D eigenvalue weighted by atomic mass is 10.1. The Morgan fingerprint density at radius 1 is 1.00 bits per heavy atom. The second-order valence-electron chi connectivity index (χ2n) is 4.55. The van der Waals surface area contributed by atoms with E-state index in [1.165, 1.54) is 11.3 Å². The lowest BCUT2D eigenvalue weighted by Gasteiger charge is -2.23. The summed E-state index contributed by atoms with van der Waals surface area (Å²) in [7, 11) is 0. The van der Waals surface area contributed by atoms with Gasteiger partial charge in [0.1, 0.15) is 0 Å². The molecule has 2 heteroatoms. The first-order valence-corrected chi connectivity index (χ1v) is 6.91. The highest BCUT2D eigenvalue weighted by Crippen LogP contribution is 2.16. The van der Waals surface area contributed by atoms with Gasteiger partial charge in [-0.05, 0) is 36.8 Å². The van der Waals surface area contributed by atoms with E-state index in [0.717, 1.165) is 18.7 Å². The van der Waals surface area contributed by atoms with Crippen molar-refractivity contribution in [2.24, 2.45) is 5.73 Å². The summed E-state index contributed by atoms with van der Waals surface area (Å²) < 4.78 is 0. The van der Waals surface area contributed by atoms with Crippen LogP contribution < -0.4 is 10.6 Å². The predicted molar refractivity (Wildman–Crippen MR) is 85.5 cm³/mol. The van der Waals surface area contributed by atoms with Crippen molar-refractivity contribution >= 4 is 5.69 Å². The van der Waals surface area contributed by atoms with Crippen LogP contribution in [0.4, 0.5) is 5.69 Å². The van der Waals surface area contributed by atoms with Crippen molar-refractivity contribution in [2.45, 2.75) is 13.5 Å². The molecule has 0 aromatic heterocycles. The molecule has 0 bridgehead atoms. The van der Waals surface area contributed by atoms with Crippen molar-refractivity contribution in [3.8, 4) is 11.8 Å². The highest BCUT2D eigenvalue weighted by molar-refractivity contribution is 5.47. The fourth-order valence-corrected chi connectivity index (χ4v) is 2.09. The normalized spacial score (nSPS) is 9.70. The van der Waals surface area contributed by atoms with E-state index in [1.54, 1.807) is 0 Å². The van der Waals surface area contributed by atoms with Crippen LogP contribution in [0.15, 0.2) is 54.6 Å². The summed E-state index contributed by atoms with van der Waals surface area (Å²) in [4.78, 5) is 2.35. The Kier molecular flexibility index (Phi) is 5.23. The third-order valence-corrected chi connectivity index (χ3v) is 3.17. The van der Waals surface area contributed by atoms with E-state index < -0.39 is 0 Å². The SMILES string of the molecule is CCN(Cc1ccc(C#CCN)cc1)c1ccccc1. The Labute approximate surface area is 121 Å². The van der Waals surface area contributed by atoms with E-state index in [2.05, 4.69) is 72.2 Å². The molecule has 102 valence electrons. The topological polar surface area (TPSA) is 29.3 Å². The molecule has 0 spiro atoms. The molecule has 2 N–H and O–H groups in total. The number of hydrogen-bond donors (Lipinski definition) is 1. The number of anilines is 1. The van der Waals surface area contributed by atoms with Gasteiger partial charge in [0.2, 0.25) is 0 Å². The van der Waals surface area contributed by atoms with Gasteiger partial charge in [0.05, 0.1) is 6.54 Å². The van der Waals surface area contributed by atoms with Crippen LogP contribution in [0.25, 0.3) is 0 Å². The first-order chi connectivity index (χ1) is 9.83. The van der Waals surface area contributed by atoms with Gasteiger partial charge in [0.15, 0.2) is 0 Å². The number of rotatable bonds is 4. The molecule has 0 radical (unpaired) electrons. The van der Waals surface area contributed by atoms with Crippen LogP contribution >= 0.6 is 0 Å². The molecule has 0 heterocycles. The van der Waals surface area contributed by atoms with E-state index in [-0.39, 0.29) is 0 Å². The lowest BCUT2D eigenvalue weighted by molar-refractivity contribution is 0.832. The largest absolute Gasteiger partial charge is 0.367 e. The third-order valence-electron chi connectivity index (χ3n) is 3.17. The van der Waals surface area contributed by atoms with Crippen LogP contribution in [0, 0.1) is 11.8 Å². The smallest absolute Gasteiger partial charge is 0.0555 e. The van der Waals surface area contributed by atoms with Crippen LogP contribution in [0.1, 0.15) is 18.1 Å². The molecule has 0 unspecified atom stereocenters. The molecule has 20 heavy (non-hydrogen) atoms. The first kappa shape index (κ1) is 14.2. The monoisotopic (exact) mass is 264 g/mol. The van der Waals surface area contributed by atoms with Gasteiger partial charge < -0.3 is 10.6 Å². The van der Waals surface area contributed by atoms with E-state index in [9.17, 15) is 0 Å². The zero-order chi connectivity index (χ0) is 14.2. The Balaban J connectivity index is 2.08. The summed E-state index contributed by atoms with van der Waals surface area (Å²) >= 11 is 0. The summed E-state index contributed by atoms with van der Waals surface area (Å²) in [5, 5.41) is 0. The van der Waals surface area contributed by atoms with Crippen molar-refractivity contribution in [3.63, 3.8) is 0 Å². The number of nitrogens with two attached hydrogens (primary N) is 1. The molecule has 0 saturated carbocycles. The molecule has 0 atom stereocenters. The highest BCUT2D eigenvalue weighted by Gasteiger charge is 2.04. The molecule has 2 aromatic carbocycles. The van der Waals surface area contributed by atoms with E-state index in [1.807, 2.05) is 6.07 Å². The van der Waals surface area contributed by atoms with Crippen molar-refractivity contribution in [2.75, 3.05) is 18.0 Å². The number of nitrogens with zero attached hydrogens (tertiary/aromatic N) is 1. The van der Waals surface area contributed by atoms with Gasteiger partial charge in [-0.25, -0.2) is 0 Å². The molecule has 2 nitrogen and oxygen atoms in total. The minimum absolute atomic E-state index is 0.402. The zero-order valence-electron chi connectivity index (χ0n) is 11.8. The maximum atomic E-state index is 5.37. The van der Waals surface area contributed by atoms with Gasteiger partial charge in [0.25, 0.3) is 0 Å². The van der Waals surface area contributed by atoms with Crippen molar-refractivity contribution in [1.82, 2.24) is 0 Å². The van der Waals surface area contributed by atoms with Crippen LogP contribution in [-0.2, 0) is 6.54 Å². The lowest BCUT2D eigenvalue weighted by Crippen LogP contribution is -2.21. The molecule has 0 aliphatic heterocycles. The Morgan fingerprint density at radius 3 is 2.30 bits per heavy atom. The van der Waals surface area contributed by atoms with Gasteiger partial charge in [-0.1, -0.05) is 42.2 Å². The minimum atomic E-state index is 0.402. The Bertz CT molecular complexity index is 576. The standard InChI is InChI=1S/C18H20N2/c1-2-20(18-8-4-3-5-9-18)15-17-12-10-16(11-13-17)7-6-14-19/h3-5,8-13H,2,14-15,19H2,1H3. The number of hydrogen-bond acceptors (Lipinski definition) is 2. The summed E-state index contributed by atoms with van der Waals surface area (Å²) in [6, 6.07) is 18.8. The van der Waals surface area contributed by atoms with Crippen LogP contribution in [-0.4, -0.2) is 13.1 Å². The minimum Gasteiger partial charge on any atom is -0.367 e. The van der Waals surface area contributed by atoms with Crippen molar-refractivity contribution in [1.29, 1.82) is 0 Å². The third kappa shape index (κ3) is 3.88. The highest BCUT2D eigenvalue weighted by atomic mass is 15.1. The van der Waals surface area contributed by atoms with Gasteiger partial charge >= 0.3 is 0 Å². The molecule has 0 aliphatic carbocycles. The van der Waals surface area contributed by atoms with E-state index >= 15 is 0 Å². The predicted octanol–water partition coefficient (Wildman–Crippen LogP) is 3.02. The average molecular weight is 264 g/mol. The van der Waals surface area contributed by atoms with Crippen LogP contribution in [0.5, 0.6) is 0 Å². The molecule has 0 aliphatic rings. The van der Waals surface area contributed by atoms with Gasteiger partial charge in [-0.3, -0.25) is 0 Å². The fourth-order valence-electron chi connectivity index (χ4n) is 2.09. The summed E-state index contributed by atoms with van der Waals surface area (Å²) in [5.41, 5.74) is 8.93. The van der Waals surface area contributed by atoms with Gasteiger partial charge in [-0.15, -0.1) is 0 Å². The molecular formula is C18H20N2. The molecule has 0 amide bonds. The summed E-state index contributed by atoms with van der Waals surface area (Å²) in [6.07, 6.45) is 0. The summed E-state index contributed by atoms with van der Waals surface area (Å²) in [5.74, 6) is 5.91. The molecule has 0 saturated heterocycles. The Morgan fingerprint density at radius 2 is 1.70 bits per heavy atom. The number of benzene rings is 2. The number of para-hydroxylation sites is 1. The first-order valence-electron chi connectivity index (χ1n) is 6.91. The summed E-state index contributed by atoms with van der Waals surface area (Å²) in [6.45, 7) is 4.47. The van der Waals surface area contributed by atoms with Gasteiger partial charge in [-0.2, -0.15) is 0 Å². The molecule has 2 rings (SSSR count). The van der Waals surface area contributed by atoms with E-state index in [4.69, 9.17) is 5.73 Å². The molecule has 2 aromatic rings. The van der Waals surface area contributed by atoms with Crippen molar-refractivity contribution in [3.05, 3.63) is 65.7 Å². The zero-order valence-corrected chi connectivity index (χ0v) is 11.8. The average Bonchev–Trinajstić information content (AvgIpc) is 2.52. The Hall–Kier alpha value is -2.24.